The van der Waals surface area contributed by atoms with Gasteiger partial charge in [0.1, 0.15) is 0 Å². The fourth-order valence-electron chi connectivity index (χ4n) is 2.24. The molecule has 0 unspecified atom stereocenters. The fourth-order valence-corrected chi connectivity index (χ4v) is 2.24. The molecular formula is C13H18FN3O3. The highest BCUT2D eigenvalue weighted by Crippen LogP contribution is 2.19. The molecule has 0 atom stereocenters. The molecule has 110 valence electrons. The smallest absolute Gasteiger partial charge is 0.257 e. The molecule has 3 N–H and O–H groups in total. The first-order valence-corrected chi connectivity index (χ1v) is 6.55. The number of ether oxygens (including phenoxy) is 1. The SMILES string of the molecule is Nc1nccc(C(=O)N2CCC(OCCO)CC2)c1F. The van der Waals surface area contributed by atoms with E-state index in [0.717, 1.165) is 0 Å². The minimum atomic E-state index is -0.767. The molecule has 1 fully saturated rings. The van der Waals surface area contributed by atoms with Crippen molar-refractivity contribution in [2.24, 2.45) is 0 Å². The van der Waals surface area contributed by atoms with Crippen LogP contribution in [0.3, 0.4) is 0 Å². The van der Waals surface area contributed by atoms with Gasteiger partial charge < -0.3 is 20.5 Å². The Bertz CT molecular complexity index is 476. The van der Waals surface area contributed by atoms with Crippen LogP contribution in [-0.2, 0) is 4.74 Å². The molecule has 0 aliphatic carbocycles. The van der Waals surface area contributed by atoms with Crippen LogP contribution >= 0.6 is 0 Å². The molecule has 6 nitrogen and oxygen atoms in total. The fraction of sp³-hybridized carbons (Fsp3) is 0.538. The number of piperidine rings is 1. The van der Waals surface area contributed by atoms with Crippen LogP contribution in [0.4, 0.5) is 10.2 Å². The number of amides is 1. The van der Waals surface area contributed by atoms with Gasteiger partial charge >= 0.3 is 0 Å². The Hall–Kier alpha value is -1.73. The first-order chi connectivity index (χ1) is 9.63. The number of aliphatic hydroxyl groups is 1. The Balaban J connectivity index is 1.96. The van der Waals surface area contributed by atoms with Gasteiger partial charge in [0.25, 0.3) is 5.91 Å². The van der Waals surface area contributed by atoms with E-state index in [1.54, 1.807) is 4.90 Å². The van der Waals surface area contributed by atoms with Gasteiger partial charge in [0.05, 0.1) is 24.9 Å². The average Bonchev–Trinajstić information content (AvgIpc) is 2.48. The minimum absolute atomic E-state index is 0.0132. The molecule has 0 saturated carbocycles. The van der Waals surface area contributed by atoms with Gasteiger partial charge in [0.2, 0.25) is 0 Å². The number of hydrogen-bond donors (Lipinski definition) is 2. The summed E-state index contributed by atoms with van der Waals surface area (Å²) in [6.45, 7) is 1.28. The average molecular weight is 283 g/mol. The first kappa shape index (κ1) is 14.7. The van der Waals surface area contributed by atoms with Crippen molar-refractivity contribution in [1.29, 1.82) is 0 Å². The number of hydrogen-bond acceptors (Lipinski definition) is 5. The van der Waals surface area contributed by atoms with Crippen LogP contribution in [0.5, 0.6) is 0 Å². The van der Waals surface area contributed by atoms with Crippen LogP contribution in [0, 0.1) is 5.82 Å². The second-order valence-electron chi connectivity index (χ2n) is 4.64. The summed E-state index contributed by atoms with van der Waals surface area (Å²) >= 11 is 0. The Morgan fingerprint density at radius 2 is 2.25 bits per heavy atom. The summed E-state index contributed by atoms with van der Waals surface area (Å²) in [6.07, 6.45) is 2.71. The van der Waals surface area contributed by atoms with Crippen molar-refractivity contribution in [3.8, 4) is 0 Å². The second kappa shape index (κ2) is 6.62. The zero-order chi connectivity index (χ0) is 14.5. The molecule has 0 aromatic carbocycles. The van der Waals surface area contributed by atoms with E-state index in [1.807, 2.05) is 0 Å². The predicted molar refractivity (Wildman–Crippen MR) is 70.6 cm³/mol. The molecule has 1 aromatic rings. The van der Waals surface area contributed by atoms with Gasteiger partial charge in [-0.1, -0.05) is 0 Å². The molecule has 1 aliphatic rings. The first-order valence-electron chi connectivity index (χ1n) is 6.55. The number of aliphatic hydroxyl groups excluding tert-OH is 1. The number of pyridine rings is 1. The molecular weight excluding hydrogens is 265 g/mol. The van der Waals surface area contributed by atoms with Gasteiger partial charge in [-0.15, -0.1) is 0 Å². The predicted octanol–water partition coefficient (Wildman–Crippen LogP) is 0.416. The number of rotatable bonds is 4. The Morgan fingerprint density at radius 3 is 2.90 bits per heavy atom. The number of anilines is 1. The lowest BCUT2D eigenvalue weighted by molar-refractivity contribution is -0.00561. The molecule has 7 heteroatoms. The summed E-state index contributed by atoms with van der Waals surface area (Å²) in [4.78, 5) is 17.4. The normalized spacial score (nSPS) is 16.4. The summed E-state index contributed by atoms with van der Waals surface area (Å²) in [7, 11) is 0. The lowest BCUT2D eigenvalue weighted by Crippen LogP contribution is -2.41. The molecule has 1 aromatic heterocycles. The summed E-state index contributed by atoms with van der Waals surface area (Å²) in [5, 5.41) is 8.69. The van der Waals surface area contributed by atoms with Crippen molar-refractivity contribution >= 4 is 11.7 Å². The number of carbonyl (C=O) groups is 1. The van der Waals surface area contributed by atoms with Crippen molar-refractivity contribution in [3.05, 3.63) is 23.6 Å². The quantitative estimate of drug-likeness (QED) is 0.836. The van der Waals surface area contributed by atoms with E-state index in [-0.39, 0.29) is 30.0 Å². The summed E-state index contributed by atoms with van der Waals surface area (Å²) in [6, 6.07) is 1.34. The van der Waals surface area contributed by atoms with Crippen molar-refractivity contribution in [2.45, 2.75) is 18.9 Å². The minimum Gasteiger partial charge on any atom is -0.394 e. The lowest BCUT2D eigenvalue weighted by atomic mass is 10.1. The van der Waals surface area contributed by atoms with Crippen molar-refractivity contribution < 1.29 is 19.0 Å². The maximum atomic E-state index is 13.8. The van der Waals surface area contributed by atoms with Gasteiger partial charge in [-0.3, -0.25) is 4.79 Å². The largest absolute Gasteiger partial charge is 0.394 e. The Morgan fingerprint density at radius 1 is 1.55 bits per heavy atom. The highest BCUT2D eigenvalue weighted by Gasteiger charge is 2.26. The van der Waals surface area contributed by atoms with Crippen LogP contribution in [0.1, 0.15) is 23.2 Å². The van der Waals surface area contributed by atoms with E-state index in [9.17, 15) is 9.18 Å². The topological polar surface area (TPSA) is 88.7 Å². The third kappa shape index (κ3) is 3.23. The van der Waals surface area contributed by atoms with E-state index >= 15 is 0 Å². The number of halogens is 1. The van der Waals surface area contributed by atoms with Crippen LogP contribution in [0.25, 0.3) is 0 Å². The zero-order valence-corrected chi connectivity index (χ0v) is 11.1. The van der Waals surface area contributed by atoms with Crippen LogP contribution in [0.2, 0.25) is 0 Å². The van der Waals surface area contributed by atoms with E-state index in [4.69, 9.17) is 15.6 Å². The summed E-state index contributed by atoms with van der Waals surface area (Å²) < 4.78 is 19.2. The highest BCUT2D eigenvalue weighted by atomic mass is 19.1. The molecule has 1 saturated heterocycles. The van der Waals surface area contributed by atoms with E-state index in [0.29, 0.717) is 32.5 Å². The van der Waals surface area contributed by atoms with Gasteiger partial charge in [-0.2, -0.15) is 0 Å². The number of nitrogens with zero attached hydrogens (tertiary/aromatic N) is 2. The number of likely N-dealkylation sites (tertiary alicyclic amines) is 1. The van der Waals surface area contributed by atoms with Crippen LogP contribution < -0.4 is 5.73 Å². The van der Waals surface area contributed by atoms with E-state index < -0.39 is 5.82 Å². The maximum absolute atomic E-state index is 13.8. The van der Waals surface area contributed by atoms with Crippen molar-refractivity contribution in [3.63, 3.8) is 0 Å². The maximum Gasteiger partial charge on any atom is 0.257 e. The van der Waals surface area contributed by atoms with Crippen molar-refractivity contribution in [1.82, 2.24) is 9.88 Å². The van der Waals surface area contributed by atoms with Crippen LogP contribution in [-0.4, -0.2) is 53.3 Å². The number of aromatic nitrogens is 1. The molecule has 20 heavy (non-hydrogen) atoms. The number of nitrogen functional groups attached to an aromatic ring is 1. The zero-order valence-electron chi connectivity index (χ0n) is 11.1. The molecule has 0 spiro atoms. The molecule has 0 radical (unpaired) electrons. The Labute approximate surface area is 116 Å². The highest BCUT2D eigenvalue weighted by molar-refractivity contribution is 5.95. The van der Waals surface area contributed by atoms with Gasteiger partial charge in [-0.05, 0) is 18.9 Å². The number of carbonyl (C=O) groups excluding carboxylic acids is 1. The van der Waals surface area contributed by atoms with E-state index in [2.05, 4.69) is 4.98 Å². The van der Waals surface area contributed by atoms with Gasteiger partial charge in [0, 0.05) is 19.3 Å². The third-order valence-electron chi connectivity index (χ3n) is 3.32. The van der Waals surface area contributed by atoms with Gasteiger partial charge in [0.15, 0.2) is 11.6 Å². The molecule has 0 bridgehead atoms. The Kier molecular flexibility index (Phi) is 4.86. The molecule has 2 rings (SSSR count). The summed E-state index contributed by atoms with van der Waals surface area (Å²) in [5.74, 6) is -1.41. The monoisotopic (exact) mass is 283 g/mol. The van der Waals surface area contributed by atoms with E-state index in [1.165, 1.54) is 12.3 Å². The molecule has 1 aliphatic heterocycles. The third-order valence-corrected chi connectivity index (χ3v) is 3.32. The number of nitrogens with two attached hydrogens (primary N) is 1. The van der Waals surface area contributed by atoms with Crippen molar-refractivity contribution in [2.75, 3.05) is 32.0 Å². The molecule has 2 heterocycles. The molecule has 1 amide bonds. The second-order valence-corrected chi connectivity index (χ2v) is 4.64. The summed E-state index contributed by atoms with van der Waals surface area (Å²) in [5.41, 5.74) is 5.32. The van der Waals surface area contributed by atoms with Crippen LogP contribution in [0.15, 0.2) is 12.3 Å². The standard InChI is InChI=1S/C13H18FN3O3/c14-11-10(1-4-16-12(11)15)13(19)17-5-2-9(3-6-17)20-8-7-18/h1,4,9,18H,2-3,5-8H2,(H2,15,16). The van der Waals surface area contributed by atoms with Gasteiger partial charge in [-0.25, -0.2) is 9.37 Å². The lowest BCUT2D eigenvalue weighted by Gasteiger charge is -2.32.